The lowest BCUT2D eigenvalue weighted by molar-refractivity contribution is -0.134. The van der Waals surface area contributed by atoms with Crippen LogP contribution in [0.2, 0.25) is 0 Å². The Morgan fingerprint density at radius 2 is 1.89 bits per heavy atom. The molecule has 38 heavy (non-hydrogen) atoms. The Bertz CT molecular complexity index is 1070. The average molecular weight is 522 g/mol. The topological polar surface area (TPSA) is 82.1 Å². The van der Waals surface area contributed by atoms with E-state index in [9.17, 15) is 14.7 Å². The van der Waals surface area contributed by atoms with Crippen molar-refractivity contribution in [3.63, 3.8) is 0 Å². The standard InChI is InChI=1S/C31H43N3O4/c1-22-18-34(23(2)21-35)30(36)17-26-16-27(32-31(37)25-12-8-5-9-13-25)14-15-28(26)38-29(22)20-33(3)19-24-10-6-4-7-11-24/h4,6-7,10-11,14-16,22-23,25,29,35H,5,8-9,12-13,17-21H2,1-3H3,(H,32,37)/t22-,23+,29+/m1/s1. The van der Waals surface area contributed by atoms with Crippen LogP contribution < -0.4 is 10.1 Å². The number of carbonyl (C=O) groups is 2. The molecule has 2 N–H and O–H groups in total. The highest BCUT2D eigenvalue weighted by molar-refractivity contribution is 5.93. The molecule has 0 aromatic heterocycles. The van der Waals surface area contributed by atoms with E-state index in [-0.39, 0.29) is 48.8 Å². The Morgan fingerprint density at radius 3 is 2.61 bits per heavy atom. The quantitative estimate of drug-likeness (QED) is 0.535. The zero-order valence-corrected chi connectivity index (χ0v) is 23.1. The molecule has 0 saturated heterocycles. The normalized spacial score (nSPS) is 21.6. The van der Waals surface area contributed by atoms with Gasteiger partial charge in [-0.2, -0.15) is 0 Å². The number of benzene rings is 2. The zero-order valence-electron chi connectivity index (χ0n) is 23.1. The molecule has 1 aliphatic heterocycles. The second kappa shape index (κ2) is 13.3. The summed E-state index contributed by atoms with van der Waals surface area (Å²) in [6.07, 6.45) is 5.26. The molecule has 2 aromatic rings. The lowest BCUT2D eigenvalue weighted by atomic mass is 9.88. The number of fused-ring (bicyclic) bond motifs is 1. The molecule has 4 rings (SSSR count). The minimum Gasteiger partial charge on any atom is -0.488 e. The van der Waals surface area contributed by atoms with Crippen LogP contribution in [0.3, 0.4) is 0 Å². The molecule has 2 aliphatic rings. The number of ether oxygens (including phenoxy) is 1. The van der Waals surface area contributed by atoms with Crippen LogP contribution in [0.5, 0.6) is 5.75 Å². The van der Waals surface area contributed by atoms with Gasteiger partial charge in [-0.05, 0) is 50.6 Å². The van der Waals surface area contributed by atoms with Crippen LogP contribution in [0.15, 0.2) is 48.5 Å². The van der Waals surface area contributed by atoms with Crippen molar-refractivity contribution in [2.45, 2.75) is 71.1 Å². The molecule has 1 fully saturated rings. The van der Waals surface area contributed by atoms with E-state index < -0.39 is 0 Å². The van der Waals surface area contributed by atoms with Gasteiger partial charge < -0.3 is 20.1 Å². The monoisotopic (exact) mass is 521 g/mol. The van der Waals surface area contributed by atoms with Gasteiger partial charge in [-0.15, -0.1) is 0 Å². The lowest BCUT2D eigenvalue weighted by Gasteiger charge is -2.34. The Morgan fingerprint density at radius 1 is 1.16 bits per heavy atom. The maximum absolute atomic E-state index is 13.4. The molecule has 2 aromatic carbocycles. The van der Waals surface area contributed by atoms with Gasteiger partial charge >= 0.3 is 0 Å². The Balaban J connectivity index is 1.57. The highest BCUT2D eigenvalue weighted by atomic mass is 16.5. The molecule has 0 unspecified atom stereocenters. The summed E-state index contributed by atoms with van der Waals surface area (Å²) in [5.41, 5.74) is 2.69. The van der Waals surface area contributed by atoms with Crippen LogP contribution in [0.1, 0.15) is 57.1 Å². The van der Waals surface area contributed by atoms with Crippen LogP contribution >= 0.6 is 0 Å². The minimum absolute atomic E-state index is 0.0442. The summed E-state index contributed by atoms with van der Waals surface area (Å²) in [6, 6.07) is 15.7. The van der Waals surface area contributed by atoms with Crippen molar-refractivity contribution in [3.8, 4) is 5.75 Å². The first kappa shape index (κ1) is 28.1. The summed E-state index contributed by atoms with van der Waals surface area (Å²) in [5.74, 6) is 0.792. The van der Waals surface area contributed by atoms with Crippen molar-refractivity contribution in [2.24, 2.45) is 11.8 Å². The molecule has 1 aliphatic carbocycles. The van der Waals surface area contributed by atoms with Crippen molar-refractivity contribution in [1.29, 1.82) is 0 Å². The predicted octanol–water partition coefficient (Wildman–Crippen LogP) is 4.49. The molecule has 7 heteroatoms. The molecule has 3 atom stereocenters. The number of anilines is 1. The van der Waals surface area contributed by atoms with Crippen molar-refractivity contribution in [1.82, 2.24) is 9.80 Å². The van der Waals surface area contributed by atoms with Crippen molar-refractivity contribution < 1.29 is 19.4 Å². The van der Waals surface area contributed by atoms with Gasteiger partial charge in [0, 0.05) is 42.7 Å². The Kier molecular flexibility index (Phi) is 9.80. The van der Waals surface area contributed by atoms with Crippen molar-refractivity contribution in [3.05, 3.63) is 59.7 Å². The minimum atomic E-state index is -0.289. The zero-order chi connectivity index (χ0) is 27.1. The van der Waals surface area contributed by atoms with E-state index in [1.165, 1.54) is 12.0 Å². The van der Waals surface area contributed by atoms with E-state index in [4.69, 9.17) is 4.74 Å². The van der Waals surface area contributed by atoms with Crippen LogP contribution in [0.25, 0.3) is 0 Å². The molecule has 1 saturated carbocycles. The number of aliphatic hydroxyl groups excluding tert-OH is 1. The first-order chi connectivity index (χ1) is 18.3. The molecule has 2 amide bonds. The second-order valence-electron chi connectivity index (χ2n) is 11.2. The van der Waals surface area contributed by atoms with E-state index in [1.807, 2.05) is 43.3 Å². The Hall–Kier alpha value is -2.90. The summed E-state index contributed by atoms with van der Waals surface area (Å²) < 4.78 is 6.63. The first-order valence-corrected chi connectivity index (χ1v) is 14.1. The van der Waals surface area contributed by atoms with E-state index in [0.29, 0.717) is 24.5 Å². The van der Waals surface area contributed by atoms with Crippen LogP contribution in [0.4, 0.5) is 5.69 Å². The summed E-state index contributed by atoms with van der Waals surface area (Å²) in [5, 5.41) is 13.0. The largest absolute Gasteiger partial charge is 0.488 e. The molecule has 0 bridgehead atoms. The van der Waals surface area contributed by atoms with Gasteiger partial charge in [-0.25, -0.2) is 0 Å². The number of nitrogens with one attached hydrogen (secondary N) is 1. The maximum atomic E-state index is 13.4. The smallest absolute Gasteiger partial charge is 0.227 e. The highest BCUT2D eigenvalue weighted by Gasteiger charge is 2.31. The Labute approximate surface area is 227 Å². The molecule has 0 radical (unpaired) electrons. The number of aliphatic hydroxyl groups is 1. The molecule has 206 valence electrons. The van der Waals surface area contributed by atoms with E-state index in [0.717, 1.165) is 37.8 Å². The van der Waals surface area contributed by atoms with E-state index in [1.54, 1.807) is 4.90 Å². The van der Waals surface area contributed by atoms with Gasteiger partial charge in [0.05, 0.1) is 19.1 Å². The number of carbonyl (C=O) groups excluding carboxylic acids is 2. The SMILES string of the molecule is C[C@@H]1CN([C@@H](C)CO)C(=O)Cc2cc(NC(=O)C3CCCCC3)ccc2O[C@H]1CN(C)Cc1ccccc1. The number of amides is 2. The number of hydrogen-bond acceptors (Lipinski definition) is 5. The fourth-order valence-electron chi connectivity index (χ4n) is 5.60. The fraction of sp³-hybridized carbons (Fsp3) is 0.548. The number of nitrogens with zero attached hydrogens (tertiary/aromatic N) is 2. The average Bonchev–Trinajstić information content (AvgIpc) is 2.97. The summed E-state index contributed by atoms with van der Waals surface area (Å²) >= 11 is 0. The summed E-state index contributed by atoms with van der Waals surface area (Å²) in [6.45, 7) is 5.87. The van der Waals surface area contributed by atoms with Crippen LogP contribution in [0, 0.1) is 11.8 Å². The highest BCUT2D eigenvalue weighted by Crippen LogP contribution is 2.30. The predicted molar refractivity (Wildman–Crippen MR) is 150 cm³/mol. The van der Waals surface area contributed by atoms with E-state index in [2.05, 4.69) is 36.3 Å². The molecular formula is C31H43N3O4. The molecule has 0 spiro atoms. The van der Waals surface area contributed by atoms with Crippen LogP contribution in [-0.4, -0.2) is 65.6 Å². The number of hydrogen-bond donors (Lipinski definition) is 2. The number of likely N-dealkylation sites (N-methyl/N-ethyl adjacent to an activating group) is 1. The van der Waals surface area contributed by atoms with Gasteiger partial charge in [0.25, 0.3) is 0 Å². The third kappa shape index (κ3) is 7.35. The summed E-state index contributed by atoms with van der Waals surface area (Å²) in [7, 11) is 2.08. The van der Waals surface area contributed by atoms with Gasteiger partial charge in [-0.1, -0.05) is 56.5 Å². The lowest BCUT2D eigenvalue weighted by Crippen LogP contribution is -2.47. The molecule has 1 heterocycles. The fourth-order valence-corrected chi connectivity index (χ4v) is 5.60. The third-order valence-corrected chi connectivity index (χ3v) is 7.95. The van der Waals surface area contributed by atoms with Gasteiger partial charge in [-0.3, -0.25) is 14.5 Å². The molecular weight excluding hydrogens is 478 g/mol. The van der Waals surface area contributed by atoms with Gasteiger partial charge in [0.1, 0.15) is 11.9 Å². The van der Waals surface area contributed by atoms with Crippen LogP contribution in [-0.2, 0) is 22.6 Å². The van der Waals surface area contributed by atoms with Gasteiger partial charge in [0.2, 0.25) is 11.8 Å². The third-order valence-electron chi connectivity index (χ3n) is 7.95. The second-order valence-corrected chi connectivity index (χ2v) is 11.2. The van der Waals surface area contributed by atoms with Gasteiger partial charge in [0.15, 0.2) is 0 Å². The van der Waals surface area contributed by atoms with Crippen molar-refractivity contribution >= 4 is 17.5 Å². The number of rotatable bonds is 8. The van der Waals surface area contributed by atoms with Crippen molar-refractivity contribution in [2.75, 3.05) is 32.1 Å². The first-order valence-electron chi connectivity index (χ1n) is 14.1. The maximum Gasteiger partial charge on any atom is 0.227 e. The van der Waals surface area contributed by atoms with E-state index >= 15 is 0 Å². The summed E-state index contributed by atoms with van der Waals surface area (Å²) in [4.78, 5) is 30.3. The molecule has 7 nitrogen and oxygen atoms in total.